The lowest BCUT2D eigenvalue weighted by atomic mass is 10.0. The first-order valence-corrected chi connectivity index (χ1v) is 5.57. The van der Waals surface area contributed by atoms with E-state index >= 15 is 0 Å². The summed E-state index contributed by atoms with van der Waals surface area (Å²) < 4.78 is 1.55. The molecule has 0 radical (unpaired) electrons. The number of nitrogens with zero attached hydrogens (tertiary/aromatic N) is 3. The van der Waals surface area contributed by atoms with Crippen molar-refractivity contribution in [2.24, 2.45) is 7.05 Å². The lowest BCUT2D eigenvalue weighted by Crippen LogP contribution is -2.11. The zero-order valence-corrected chi connectivity index (χ0v) is 9.44. The molecule has 5 heteroatoms. The second-order valence-electron chi connectivity index (χ2n) is 3.32. The van der Waals surface area contributed by atoms with Crippen LogP contribution in [-0.2, 0) is 7.05 Å². The topological polar surface area (TPSA) is 58.7 Å². The summed E-state index contributed by atoms with van der Waals surface area (Å²) in [7, 11) is 1.74. The van der Waals surface area contributed by atoms with Crippen molar-refractivity contribution in [3.63, 3.8) is 0 Å². The van der Waals surface area contributed by atoms with Crippen LogP contribution in [0.25, 0.3) is 0 Å². The van der Waals surface area contributed by atoms with Gasteiger partial charge >= 0.3 is 0 Å². The maximum absolute atomic E-state index is 12.0. The summed E-state index contributed by atoms with van der Waals surface area (Å²) in [5.41, 5.74) is 0.336. The number of ketones is 1. The minimum absolute atomic E-state index is 0.245. The van der Waals surface area contributed by atoms with Crippen molar-refractivity contribution in [2.45, 2.75) is 5.92 Å². The van der Waals surface area contributed by atoms with Gasteiger partial charge in [0, 0.05) is 18.1 Å². The van der Waals surface area contributed by atoms with Gasteiger partial charge in [0.05, 0.1) is 6.07 Å². The van der Waals surface area contributed by atoms with Crippen molar-refractivity contribution in [3.8, 4) is 6.07 Å². The van der Waals surface area contributed by atoms with Crippen molar-refractivity contribution in [2.75, 3.05) is 0 Å². The van der Waals surface area contributed by atoms with E-state index in [-0.39, 0.29) is 5.78 Å². The van der Waals surface area contributed by atoms with E-state index in [1.54, 1.807) is 30.1 Å². The van der Waals surface area contributed by atoms with Crippen LogP contribution in [-0.4, -0.2) is 15.6 Å². The molecule has 2 rings (SSSR count). The fourth-order valence-electron chi connectivity index (χ4n) is 1.40. The normalized spacial score (nSPS) is 12.0. The van der Waals surface area contributed by atoms with E-state index in [1.165, 1.54) is 11.3 Å². The minimum atomic E-state index is -0.741. The minimum Gasteiger partial charge on any atom is -0.290 e. The summed E-state index contributed by atoms with van der Waals surface area (Å²) in [4.78, 5) is 12.8. The molecule has 2 aromatic heterocycles. The number of hydrogen-bond acceptors (Lipinski definition) is 4. The molecule has 80 valence electrons. The van der Waals surface area contributed by atoms with E-state index in [0.29, 0.717) is 5.69 Å². The third-order valence-corrected chi connectivity index (χ3v) is 3.12. The van der Waals surface area contributed by atoms with E-state index < -0.39 is 5.92 Å². The molecule has 0 aromatic carbocycles. The van der Waals surface area contributed by atoms with Gasteiger partial charge in [-0.3, -0.25) is 9.48 Å². The molecule has 0 aliphatic heterocycles. The maximum Gasteiger partial charge on any atom is 0.205 e. The Morgan fingerprint density at radius 3 is 2.94 bits per heavy atom. The van der Waals surface area contributed by atoms with E-state index in [1.807, 2.05) is 17.5 Å². The van der Waals surface area contributed by atoms with Crippen LogP contribution in [0.3, 0.4) is 0 Å². The Hall–Kier alpha value is -1.93. The predicted octanol–water partition coefficient (Wildman–Crippen LogP) is 1.97. The molecule has 2 aromatic rings. The maximum atomic E-state index is 12.0. The van der Waals surface area contributed by atoms with Gasteiger partial charge in [-0.1, -0.05) is 6.07 Å². The van der Waals surface area contributed by atoms with E-state index in [4.69, 9.17) is 5.26 Å². The molecule has 4 nitrogen and oxygen atoms in total. The first kappa shape index (κ1) is 10.6. The Morgan fingerprint density at radius 1 is 1.62 bits per heavy atom. The highest BCUT2D eigenvalue weighted by molar-refractivity contribution is 7.10. The number of carbonyl (C=O) groups excluding carboxylic acids is 1. The molecule has 16 heavy (non-hydrogen) atoms. The molecule has 0 saturated heterocycles. The third-order valence-electron chi connectivity index (χ3n) is 2.19. The second kappa shape index (κ2) is 4.29. The molecule has 0 amide bonds. The fourth-order valence-corrected chi connectivity index (χ4v) is 2.17. The van der Waals surface area contributed by atoms with Crippen LogP contribution in [0, 0.1) is 11.3 Å². The van der Waals surface area contributed by atoms with Crippen LogP contribution < -0.4 is 0 Å². The van der Waals surface area contributed by atoms with Crippen molar-refractivity contribution < 1.29 is 4.79 Å². The summed E-state index contributed by atoms with van der Waals surface area (Å²) in [6.45, 7) is 0. The van der Waals surface area contributed by atoms with Gasteiger partial charge in [0.15, 0.2) is 0 Å². The molecule has 1 atom stereocenters. The van der Waals surface area contributed by atoms with E-state index in [0.717, 1.165) is 4.88 Å². The number of nitriles is 1. The molecule has 2 heterocycles. The fraction of sp³-hybridized carbons (Fsp3) is 0.182. The standard InChI is InChI=1S/C11H9N3OS/c1-14-5-4-9(13-14)11(15)8(7-12)10-3-2-6-16-10/h2-6,8H,1H3. The first-order chi connectivity index (χ1) is 7.72. The quantitative estimate of drug-likeness (QED) is 0.759. The molecule has 0 aliphatic rings. The Balaban J connectivity index is 2.31. The van der Waals surface area contributed by atoms with Gasteiger partial charge in [0.2, 0.25) is 5.78 Å². The van der Waals surface area contributed by atoms with Crippen molar-refractivity contribution in [1.29, 1.82) is 5.26 Å². The SMILES string of the molecule is Cn1ccc(C(=O)C(C#N)c2cccs2)n1. The van der Waals surface area contributed by atoms with Crippen LogP contribution in [0.1, 0.15) is 21.3 Å². The van der Waals surface area contributed by atoms with Crippen molar-refractivity contribution in [1.82, 2.24) is 9.78 Å². The average molecular weight is 231 g/mol. The Labute approximate surface area is 96.7 Å². The van der Waals surface area contributed by atoms with Crippen LogP contribution in [0.4, 0.5) is 0 Å². The Morgan fingerprint density at radius 2 is 2.44 bits per heavy atom. The highest BCUT2D eigenvalue weighted by Gasteiger charge is 2.24. The van der Waals surface area contributed by atoms with Crippen LogP contribution in [0.5, 0.6) is 0 Å². The van der Waals surface area contributed by atoms with E-state index in [2.05, 4.69) is 5.10 Å². The zero-order valence-electron chi connectivity index (χ0n) is 8.62. The van der Waals surface area contributed by atoms with Crippen LogP contribution in [0.2, 0.25) is 0 Å². The predicted molar refractivity (Wildman–Crippen MR) is 60.2 cm³/mol. The summed E-state index contributed by atoms with van der Waals surface area (Å²) in [5, 5.41) is 14.9. The largest absolute Gasteiger partial charge is 0.290 e. The van der Waals surface area contributed by atoms with Gasteiger partial charge in [-0.25, -0.2) is 0 Å². The number of hydrogen-bond donors (Lipinski definition) is 0. The molecule has 0 saturated carbocycles. The number of aryl methyl sites for hydroxylation is 1. The molecule has 0 spiro atoms. The average Bonchev–Trinajstić information content (AvgIpc) is 2.90. The molecule has 1 unspecified atom stereocenters. The molecule has 0 fully saturated rings. The van der Waals surface area contributed by atoms with E-state index in [9.17, 15) is 4.79 Å². The van der Waals surface area contributed by atoms with Crippen molar-refractivity contribution >= 4 is 17.1 Å². The van der Waals surface area contributed by atoms with Gasteiger partial charge in [0.25, 0.3) is 0 Å². The monoisotopic (exact) mass is 231 g/mol. The Bertz CT molecular complexity index is 536. The molecule has 0 aliphatic carbocycles. The number of thiophene rings is 1. The lowest BCUT2D eigenvalue weighted by Gasteiger charge is -2.02. The number of aromatic nitrogens is 2. The summed E-state index contributed by atoms with van der Waals surface area (Å²) in [5.74, 6) is -0.986. The number of rotatable bonds is 3. The van der Waals surface area contributed by atoms with Gasteiger partial charge in [-0.2, -0.15) is 10.4 Å². The van der Waals surface area contributed by atoms with Gasteiger partial charge in [-0.15, -0.1) is 11.3 Å². The Kier molecular flexibility index (Phi) is 2.84. The third kappa shape index (κ3) is 1.88. The molecular weight excluding hydrogens is 222 g/mol. The number of Topliss-reactive ketones (excluding diaryl/α,β-unsaturated/α-hetero) is 1. The summed E-state index contributed by atoms with van der Waals surface area (Å²) in [6.07, 6.45) is 1.69. The highest BCUT2D eigenvalue weighted by atomic mass is 32.1. The summed E-state index contributed by atoms with van der Waals surface area (Å²) >= 11 is 1.41. The smallest absolute Gasteiger partial charge is 0.205 e. The van der Waals surface area contributed by atoms with Gasteiger partial charge in [0.1, 0.15) is 11.6 Å². The zero-order chi connectivity index (χ0) is 11.5. The molecular formula is C11H9N3OS. The van der Waals surface area contributed by atoms with Crippen molar-refractivity contribution in [3.05, 3.63) is 40.3 Å². The lowest BCUT2D eigenvalue weighted by molar-refractivity contribution is 0.0974. The van der Waals surface area contributed by atoms with Crippen LogP contribution >= 0.6 is 11.3 Å². The second-order valence-corrected chi connectivity index (χ2v) is 4.30. The number of carbonyl (C=O) groups is 1. The molecule has 0 bridgehead atoms. The first-order valence-electron chi connectivity index (χ1n) is 4.69. The van der Waals surface area contributed by atoms with Gasteiger partial charge < -0.3 is 0 Å². The summed E-state index contributed by atoms with van der Waals surface area (Å²) in [6, 6.07) is 7.27. The van der Waals surface area contributed by atoms with Crippen LogP contribution in [0.15, 0.2) is 29.8 Å². The highest BCUT2D eigenvalue weighted by Crippen LogP contribution is 2.23. The van der Waals surface area contributed by atoms with Gasteiger partial charge in [-0.05, 0) is 17.5 Å². The molecule has 0 N–H and O–H groups in total.